The van der Waals surface area contributed by atoms with E-state index in [1.165, 1.54) is 83.8 Å². The first-order chi connectivity index (χ1) is 62.2. The topological polar surface area (TPSA) is 590 Å². The summed E-state index contributed by atoms with van der Waals surface area (Å²) in [5, 5.41) is 51.4. The van der Waals surface area contributed by atoms with Gasteiger partial charge in [0.15, 0.2) is 0 Å². The monoisotopic (exact) mass is 1840 g/mol. The quantitative estimate of drug-likeness (QED) is 0.0360. The Morgan fingerprint density at radius 2 is 1.09 bits per heavy atom. The average Bonchev–Trinajstić information content (AvgIpc) is 1.55. The molecule has 4 saturated heterocycles. The fraction of sp³-hybridized carbons (Fsp3) is 0.523. The van der Waals surface area contributed by atoms with E-state index in [9.17, 15) is 58.2 Å². The Balaban J connectivity index is 0.993. The van der Waals surface area contributed by atoms with Crippen LogP contribution in [0.4, 0.5) is 0 Å². The number of amides is 17. The van der Waals surface area contributed by atoms with Crippen molar-refractivity contribution in [2.75, 3.05) is 64.9 Å². The highest BCUT2D eigenvalue weighted by atomic mass is 32.2. The third-order valence-corrected chi connectivity index (χ3v) is 25.8. The highest BCUT2D eigenvalue weighted by molar-refractivity contribution is 8.00. The lowest BCUT2D eigenvalue weighted by Crippen LogP contribution is -2.61. The number of aliphatic hydroxyl groups excluding tert-OH is 1. The van der Waals surface area contributed by atoms with Gasteiger partial charge in [0.05, 0.1) is 31.7 Å². The van der Waals surface area contributed by atoms with E-state index in [2.05, 4.69) is 68.1 Å². The predicted octanol–water partition coefficient (Wildman–Crippen LogP) is -1.72. The van der Waals surface area contributed by atoms with Gasteiger partial charge in [0.2, 0.25) is 100 Å². The fourth-order valence-corrected chi connectivity index (χ4v) is 18.5. The second-order valence-corrected chi connectivity index (χ2v) is 35.6. The van der Waals surface area contributed by atoms with Crippen LogP contribution in [0.5, 0.6) is 5.75 Å². The van der Waals surface area contributed by atoms with Gasteiger partial charge in [-0.25, -0.2) is 4.98 Å². The maximum Gasteiger partial charge on any atom is 0.246 e. The summed E-state index contributed by atoms with van der Waals surface area (Å²) in [5.74, 6) is -16.3. The Hall–Kier alpha value is -12.6. The van der Waals surface area contributed by atoms with Crippen LogP contribution in [-0.4, -0.2) is 300 Å². The van der Waals surface area contributed by atoms with Crippen LogP contribution in [-0.2, 0) is 107 Å². The molecular formula is C88H119N21O19S2. The SMILES string of the molecule is CCCC[C@H]1C(=O)N2CCC[C@@H]2C(=O)N[C@@H](CCCN)C(=O)N[C@H](C(=O)NCC(N)=O)CSCC(=O)N[C@@H](Cc2ccc(O)cc2)C(=O)N(C)[C@@H](C)C(=O)N[C@@H](CC(N)=O)C(=O)N2CCC[C@H]2C(=O)N[C@@H](Cc2cnc[nH]2)C(=O)N[C@@H](CC(C)C)C(=O)N2CCC[C@H]2C(=O)N[C@@H](Cc2c[nH]c3ccccc23)C(=O)N[C@@H](CO)C(=O)N[C@@H](Cc2csc3ccccc23)C(=O)N1C. The van der Waals surface area contributed by atoms with E-state index < -0.39 is 216 Å². The van der Waals surface area contributed by atoms with Crippen LogP contribution < -0.4 is 70.4 Å². The number of hydrogen-bond donors (Lipinski definition) is 17. The van der Waals surface area contributed by atoms with Crippen molar-refractivity contribution < 1.29 is 91.7 Å². The van der Waals surface area contributed by atoms with Gasteiger partial charge >= 0.3 is 0 Å². The van der Waals surface area contributed by atoms with Gasteiger partial charge in [0.25, 0.3) is 0 Å². The highest BCUT2D eigenvalue weighted by Gasteiger charge is 2.46. The van der Waals surface area contributed by atoms with E-state index in [1.54, 1.807) is 50.4 Å². The molecule has 4 aliphatic rings. The minimum Gasteiger partial charge on any atom is -0.508 e. The Kier molecular flexibility index (Phi) is 36.1. The second-order valence-electron chi connectivity index (χ2n) is 33.7. The molecule has 42 heteroatoms. The molecule has 0 unspecified atom stereocenters. The van der Waals surface area contributed by atoms with Gasteiger partial charge in [-0.05, 0) is 135 Å². The van der Waals surface area contributed by atoms with Gasteiger partial charge in [-0.15, -0.1) is 23.1 Å². The lowest BCUT2D eigenvalue weighted by Gasteiger charge is -2.35. The van der Waals surface area contributed by atoms with Gasteiger partial charge < -0.3 is 115 Å². The number of aromatic amines is 2. The molecule has 0 bridgehead atoms. The van der Waals surface area contributed by atoms with Crippen LogP contribution in [0, 0.1) is 5.92 Å². The molecule has 0 radical (unpaired) electrons. The zero-order valence-corrected chi connectivity index (χ0v) is 75.3. The first-order valence-corrected chi connectivity index (χ1v) is 45.9. The highest BCUT2D eigenvalue weighted by Crippen LogP contribution is 2.31. The number of nitrogens with zero attached hydrogens (tertiary/aromatic N) is 6. The smallest absolute Gasteiger partial charge is 0.246 e. The number of benzene rings is 3. The van der Waals surface area contributed by atoms with Crippen molar-refractivity contribution in [2.45, 2.75) is 221 Å². The third-order valence-electron chi connectivity index (χ3n) is 23.8. The van der Waals surface area contributed by atoms with Crippen molar-refractivity contribution in [3.8, 4) is 5.75 Å². The van der Waals surface area contributed by atoms with Crippen molar-refractivity contribution in [2.24, 2.45) is 23.1 Å². The Morgan fingerprint density at radius 3 is 1.69 bits per heavy atom. The molecule has 40 nitrogen and oxygen atoms in total. The van der Waals surface area contributed by atoms with Gasteiger partial charge in [0, 0.05) is 98.9 Å². The third kappa shape index (κ3) is 26.4. The molecule has 6 aromatic rings. The van der Waals surface area contributed by atoms with Crippen LogP contribution in [0.2, 0.25) is 0 Å². The minimum absolute atomic E-state index is 0.00319. The van der Waals surface area contributed by atoms with E-state index in [0.29, 0.717) is 46.1 Å². The molecule has 14 atom stereocenters. The normalized spacial score (nSPS) is 25.2. The van der Waals surface area contributed by atoms with Gasteiger partial charge in [-0.2, -0.15) is 0 Å². The molecule has 10 rings (SSSR count). The van der Waals surface area contributed by atoms with Crippen LogP contribution in [0.15, 0.2) is 96.9 Å². The van der Waals surface area contributed by atoms with Crippen LogP contribution in [0.25, 0.3) is 21.0 Å². The number of H-pyrrole nitrogens is 2. The van der Waals surface area contributed by atoms with Gasteiger partial charge in [-0.1, -0.05) is 82.1 Å². The molecule has 3 aromatic carbocycles. The number of phenolic OH excluding ortho intramolecular Hbond substituents is 1. The number of primary amides is 2. The summed E-state index contributed by atoms with van der Waals surface area (Å²) in [6.45, 7) is 4.98. The van der Waals surface area contributed by atoms with Crippen molar-refractivity contribution >= 4 is 145 Å². The molecule has 0 aliphatic carbocycles. The number of aliphatic hydroxyl groups is 1. The number of unbranched alkanes of at least 4 members (excludes halogenated alkanes) is 1. The molecule has 4 fully saturated rings. The molecule has 0 spiro atoms. The minimum atomic E-state index is -1.82. The van der Waals surface area contributed by atoms with Crippen molar-refractivity contribution in [3.05, 3.63) is 119 Å². The second kappa shape index (κ2) is 47.1. The number of rotatable bonds is 22. The molecule has 17 amide bonds. The Morgan fingerprint density at radius 1 is 0.554 bits per heavy atom. The molecule has 130 heavy (non-hydrogen) atoms. The molecular weight excluding hydrogens is 1720 g/mol. The molecule has 7 heterocycles. The van der Waals surface area contributed by atoms with E-state index in [4.69, 9.17) is 17.2 Å². The lowest BCUT2D eigenvalue weighted by atomic mass is 10.0. The number of imidazole rings is 1. The van der Waals surface area contributed by atoms with E-state index in [-0.39, 0.29) is 128 Å². The molecule has 20 N–H and O–H groups in total. The lowest BCUT2D eigenvalue weighted by molar-refractivity contribution is -0.149. The molecule has 702 valence electrons. The summed E-state index contributed by atoms with van der Waals surface area (Å²) in [5.41, 5.74) is 19.7. The number of hydrogen-bond acceptors (Lipinski definition) is 23. The summed E-state index contributed by atoms with van der Waals surface area (Å²) in [6, 6.07) is -0.482. The zero-order valence-electron chi connectivity index (χ0n) is 73.6. The number of nitrogens with two attached hydrogens (primary N) is 3. The van der Waals surface area contributed by atoms with Crippen LogP contribution >= 0.6 is 23.1 Å². The van der Waals surface area contributed by atoms with Gasteiger partial charge in [-0.3, -0.25) is 81.5 Å². The van der Waals surface area contributed by atoms with Crippen molar-refractivity contribution in [1.82, 2.24) is 92.6 Å². The number of aromatic nitrogens is 3. The number of aromatic hydroxyl groups is 1. The standard InChI is InChI=1S/C88H119N21O19S2/c1-7-8-21-70-88(128)109-33-16-24-69(109)81(121)97-58(20-13-30-89)77(117)104-66(76(116)94-42-73(91)113)45-129-46-74(114)96-62(35-50-26-28-54(111)29-27-50)84(124)105(5)49(4)75(115)100-64(39-72(90)112)87(127)108-32-15-23-68(108)83(123)99-60(38-53-41-92-47-95-53)79(119)101-61(34-48(2)3)86(126)107-31-14-22-67(107)82(122)98-59(36-51-40-93-57-19-11-9-17-55(51)57)78(118)103-65(43-110)80(120)102-63(85(125)106(70)6)37-52-44-130-71-25-12-10-18-56(52)71/h9-12,17-19,25-29,40-41,44,47-49,58-70,93,110-111H,7-8,13-16,20-24,30-39,42-43,45-46,89H2,1-6H3,(H2,90,112)(H2,91,113)(H,92,95)(H,94,116)(H,96,114)(H,97,121)(H,98,122)(H,99,123)(H,100,115)(H,101,119)(H,102,120)(H,103,118)(H,104,117)/t49-,58-,59-,60-,61-,62-,63-,64-,65-,66-,67-,68-,69+,70-/m0/s1. The number of thiophene rings is 1. The number of carbonyl (C=O) groups is 17. The number of nitrogens with one attached hydrogen (secondary N) is 12. The van der Waals surface area contributed by atoms with Gasteiger partial charge in [0.1, 0.15) is 90.3 Å². The summed E-state index contributed by atoms with van der Waals surface area (Å²) in [7, 11) is 2.62. The average molecular weight is 1840 g/mol. The van der Waals surface area contributed by atoms with E-state index in [0.717, 1.165) is 31.6 Å². The number of likely N-dealkylation sites (N-methyl/N-ethyl adjacent to an activating group) is 2. The number of carbonyl (C=O) groups excluding carboxylic acids is 17. The van der Waals surface area contributed by atoms with E-state index >= 15 is 33.6 Å². The first-order valence-electron chi connectivity index (χ1n) is 43.8. The summed E-state index contributed by atoms with van der Waals surface area (Å²) >= 11 is 2.17. The Labute approximate surface area is 759 Å². The number of para-hydroxylation sites is 1. The number of fused-ring (bicyclic) bond motifs is 5. The predicted molar refractivity (Wildman–Crippen MR) is 480 cm³/mol. The zero-order chi connectivity index (χ0) is 94.2. The van der Waals surface area contributed by atoms with Crippen molar-refractivity contribution in [3.63, 3.8) is 0 Å². The maximum absolute atomic E-state index is 15.7. The number of phenols is 1. The summed E-state index contributed by atoms with van der Waals surface area (Å²) < 4.78 is 0.840. The fourth-order valence-electron chi connectivity index (χ4n) is 16.7. The van der Waals surface area contributed by atoms with Crippen molar-refractivity contribution in [1.29, 1.82) is 0 Å². The number of thioether (sulfide) groups is 1. The summed E-state index contributed by atoms with van der Waals surface area (Å²) in [4.78, 5) is 265. The molecule has 3 aromatic heterocycles. The van der Waals surface area contributed by atoms with Crippen LogP contribution in [0.3, 0.4) is 0 Å². The van der Waals surface area contributed by atoms with E-state index in [1.807, 2.05) is 30.5 Å². The molecule has 0 saturated carbocycles. The molecule has 4 aliphatic heterocycles. The summed E-state index contributed by atoms with van der Waals surface area (Å²) in [6.07, 6.45) is 4.66. The maximum atomic E-state index is 15.7. The Bertz CT molecular complexity index is 5070. The van der Waals surface area contributed by atoms with Crippen LogP contribution in [0.1, 0.15) is 134 Å². The first kappa shape index (κ1) is 99.6. The largest absolute Gasteiger partial charge is 0.508 e.